The quantitative estimate of drug-likeness (QED) is 0.352. The van der Waals surface area contributed by atoms with Crippen molar-refractivity contribution in [1.29, 1.82) is 0 Å². The predicted octanol–water partition coefficient (Wildman–Crippen LogP) is 9.85. The molecule has 0 N–H and O–H groups in total. The summed E-state index contributed by atoms with van der Waals surface area (Å²) >= 11 is 0. The SMILES string of the molecule is CCC(=Nc1c(C(C)C)cccc1C(C)C)C(CC)=Nc1c(C(C)C)cccc1C(C)C. The minimum Gasteiger partial charge on any atom is -0.251 e. The van der Waals surface area contributed by atoms with Gasteiger partial charge in [0.1, 0.15) is 0 Å². The smallest absolute Gasteiger partial charge is 0.0702 e. The maximum Gasteiger partial charge on any atom is 0.0702 e. The average molecular weight is 433 g/mol. The van der Waals surface area contributed by atoms with E-state index in [2.05, 4.69) is 106 Å². The third-order valence-corrected chi connectivity index (χ3v) is 6.18. The Morgan fingerprint density at radius 3 is 0.969 bits per heavy atom. The van der Waals surface area contributed by atoms with Crippen molar-refractivity contribution in [2.45, 2.75) is 106 Å². The molecule has 0 aliphatic rings. The van der Waals surface area contributed by atoms with Crippen LogP contribution in [0.1, 0.15) is 128 Å². The van der Waals surface area contributed by atoms with Crippen molar-refractivity contribution in [3.05, 3.63) is 58.7 Å². The summed E-state index contributed by atoms with van der Waals surface area (Å²) in [5.41, 5.74) is 9.80. The maximum absolute atomic E-state index is 5.32. The number of hydrogen-bond donors (Lipinski definition) is 0. The fourth-order valence-electron chi connectivity index (χ4n) is 4.25. The van der Waals surface area contributed by atoms with E-state index in [9.17, 15) is 0 Å². The molecule has 0 aliphatic carbocycles. The molecule has 2 aromatic carbocycles. The Labute approximate surface area is 197 Å². The van der Waals surface area contributed by atoms with Crippen LogP contribution in [0.25, 0.3) is 0 Å². The fourth-order valence-corrected chi connectivity index (χ4v) is 4.25. The highest BCUT2D eigenvalue weighted by Crippen LogP contribution is 2.37. The van der Waals surface area contributed by atoms with E-state index in [-0.39, 0.29) is 0 Å². The molecule has 0 fully saturated rings. The number of aliphatic imine (C=N–C) groups is 2. The maximum atomic E-state index is 5.32. The van der Waals surface area contributed by atoms with Gasteiger partial charge in [0.25, 0.3) is 0 Å². The molecule has 174 valence electrons. The van der Waals surface area contributed by atoms with Crippen LogP contribution < -0.4 is 0 Å². The second-order valence-corrected chi connectivity index (χ2v) is 10.0. The van der Waals surface area contributed by atoms with Crippen LogP contribution in [-0.2, 0) is 0 Å². The molecular weight excluding hydrogens is 388 g/mol. The average Bonchev–Trinajstić information content (AvgIpc) is 2.75. The molecular formula is C30H44N2. The molecule has 2 nitrogen and oxygen atoms in total. The van der Waals surface area contributed by atoms with E-state index in [4.69, 9.17) is 9.98 Å². The van der Waals surface area contributed by atoms with Crippen LogP contribution in [0.3, 0.4) is 0 Å². The van der Waals surface area contributed by atoms with Crippen LogP contribution in [-0.4, -0.2) is 11.4 Å². The van der Waals surface area contributed by atoms with Gasteiger partial charge in [0.2, 0.25) is 0 Å². The van der Waals surface area contributed by atoms with Gasteiger partial charge in [-0.05, 0) is 58.8 Å². The Morgan fingerprint density at radius 2 is 0.781 bits per heavy atom. The van der Waals surface area contributed by atoms with Gasteiger partial charge in [-0.1, -0.05) is 106 Å². The highest BCUT2D eigenvalue weighted by Gasteiger charge is 2.18. The molecule has 0 atom stereocenters. The first-order valence-electron chi connectivity index (χ1n) is 12.5. The van der Waals surface area contributed by atoms with Crippen LogP contribution >= 0.6 is 0 Å². The molecule has 2 heteroatoms. The van der Waals surface area contributed by atoms with Crippen molar-refractivity contribution in [3.63, 3.8) is 0 Å². The van der Waals surface area contributed by atoms with Crippen LogP contribution in [0.2, 0.25) is 0 Å². The first kappa shape index (κ1) is 26.0. The van der Waals surface area contributed by atoms with Gasteiger partial charge in [-0.2, -0.15) is 0 Å². The van der Waals surface area contributed by atoms with Crippen LogP contribution in [0.4, 0.5) is 11.4 Å². The number of nitrogens with zero attached hydrogens (tertiary/aromatic N) is 2. The molecule has 0 bridgehead atoms. The van der Waals surface area contributed by atoms with Crippen LogP contribution in [0.5, 0.6) is 0 Å². The summed E-state index contributed by atoms with van der Waals surface area (Å²) in [6, 6.07) is 13.3. The molecule has 0 heterocycles. The van der Waals surface area contributed by atoms with Gasteiger partial charge in [-0.15, -0.1) is 0 Å². The summed E-state index contributed by atoms with van der Waals surface area (Å²) < 4.78 is 0. The molecule has 2 rings (SSSR count). The normalized spacial score (nSPS) is 13.2. The van der Waals surface area contributed by atoms with Gasteiger partial charge in [-0.25, -0.2) is 0 Å². The lowest BCUT2D eigenvalue weighted by molar-refractivity contribution is 0.833. The van der Waals surface area contributed by atoms with E-state index in [0.29, 0.717) is 23.7 Å². The van der Waals surface area contributed by atoms with E-state index in [1.807, 2.05) is 0 Å². The van der Waals surface area contributed by atoms with Gasteiger partial charge < -0.3 is 0 Å². The molecule has 0 saturated heterocycles. The van der Waals surface area contributed by atoms with Crippen molar-refractivity contribution >= 4 is 22.8 Å². The summed E-state index contributed by atoms with van der Waals surface area (Å²) in [6.45, 7) is 22.5. The Morgan fingerprint density at radius 1 is 0.531 bits per heavy atom. The lowest BCUT2D eigenvalue weighted by atomic mass is 9.92. The van der Waals surface area contributed by atoms with Gasteiger partial charge in [0, 0.05) is 0 Å². The zero-order chi connectivity index (χ0) is 24.0. The molecule has 0 aromatic heterocycles. The van der Waals surface area contributed by atoms with E-state index in [1.165, 1.54) is 22.3 Å². The minimum absolute atomic E-state index is 0.432. The second kappa shape index (κ2) is 11.6. The van der Waals surface area contributed by atoms with E-state index < -0.39 is 0 Å². The largest absolute Gasteiger partial charge is 0.251 e. The summed E-state index contributed by atoms with van der Waals surface area (Å²) in [6.07, 6.45) is 1.75. The summed E-state index contributed by atoms with van der Waals surface area (Å²) in [4.78, 5) is 10.6. The molecule has 0 spiro atoms. The third-order valence-electron chi connectivity index (χ3n) is 6.18. The Balaban J connectivity index is 2.76. The monoisotopic (exact) mass is 432 g/mol. The van der Waals surface area contributed by atoms with Crippen molar-refractivity contribution in [3.8, 4) is 0 Å². The van der Waals surface area contributed by atoms with E-state index >= 15 is 0 Å². The minimum atomic E-state index is 0.432. The Bertz CT molecular complexity index is 827. The number of hydrogen-bond acceptors (Lipinski definition) is 2. The Hall–Kier alpha value is -2.22. The fraction of sp³-hybridized carbons (Fsp3) is 0.533. The van der Waals surface area contributed by atoms with Gasteiger partial charge in [0.05, 0.1) is 22.8 Å². The van der Waals surface area contributed by atoms with E-state index in [0.717, 1.165) is 35.6 Å². The molecule has 0 aliphatic heterocycles. The number of benzene rings is 2. The third kappa shape index (κ3) is 5.97. The molecule has 0 unspecified atom stereocenters. The predicted molar refractivity (Wildman–Crippen MR) is 144 cm³/mol. The summed E-state index contributed by atoms with van der Waals surface area (Å²) in [7, 11) is 0. The van der Waals surface area contributed by atoms with Gasteiger partial charge in [-0.3, -0.25) is 9.98 Å². The van der Waals surface area contributed by atoms with Gasteiger partial charge >= 0.3 is 0 Å². The highest BCUT2D eigenvalue weighted by atomic mass is 14.8. The van der Waals surface area contributed by atoms with Crippen molar-refractivity contribution in [2.24, 2.45) is 9.98 Å². The molecule has 0 amide bonds. The lowest BCUT2D eigenvalue weighted by Crippen LogP contribution is -2.13. The molecule has 2 aromatic rings. The van der Waals surface area contributed by atoms with Gasteiger partial charge in [0.15, 0.2) is 0 Å². The standard InChI is InChI=1S/C30H44N2/c1-11-27(31-29-23(19(3)4)15-13-16-24(29)20(5)6)28(12-2)32-30-25(21(7)8)17-14-18-26(30)22(9)10/h13-22H,11-12H2,1-10H3. The zero-order valence-electron chi connectivity index (χ0n) is 22.1. The van der Waals surface area contributed by atoms with Crippen molar-refractivity contribution in [2.75, 3.05) is 0 Å². The molecule has 0 saturated carbocycles. The first-order valence-corrected chi connectivity index (χ1v) is 12.5. The highest BCUT2D eigenvalue weighted by molar-refractivity contribution is 6.43. The summed E-state index contributed by atoms with van der Waals surface area (Å²) in [5.74, 6) is 1.73. The summed E-state index contributed by atoms with van der Waals surface area (Å²) in [5, 5.41) is 0. The molecule has 32 heavy (non-hydrogen) atoms. The van der Waals surface area contributed by atoms with E-state index in [1.54, 1.807) is 0 Å². The van der Waals surface area contributed by atoms with Crippen molar-refractivity contribution < 1.29 is 0 Å². The van der Waals surface area contributed by atoms with Crippen LogP contribution in [0.15, 0.2) is 46.4 Å². The first-order chi connectivity index (χ1) is 15.1. The Kier molecular flexibility index (Phi) is 9.43. The van der Waals surface area contributed by atoms with Crippen LogP contribution in [0, 0.1) is 0 Å². The lowest BCUT2D eigenvalue weighted by Gasteiger charge is -2.19. The molecule has 0 radical (unpaired) electrons. The topological polar surface area (TPSA) is 24.7 Å². The zero-order valence-corrected chi connectivity index (χ0v) is 22.1. The van der Waals surface area contributed by atoms with Crippen molar-refractivity contribution in [1.82, 2.24) is 0 Å². The second-order valence-electron chi connectivity index (χ2n) is 10.0. The number of para-hydroxylation sites is 2. The number of rotatable bonds is 9.